The van der Waals surface area contributed by atoms with Gasteiger partial charge in [-0.3, -0.25) is 0 Å². The quantitative estimate of drug-likeness (QED) is 0.639. The van der Waals surface area contributed by atoms with Crippen LogP contribution in [0.15, 0.2) is 24.3 Å². The zero-order chi connectivity index (χ0) is 9.31. The molecule has 0 amide bonds. The van der Waals surface area contributed by atoms with Crippen LogP contribution in [0.5, 0.6) is 0 Å². The Balaban J connectivity index is 2.44. The molecule has 0 spiro atoms. The van der Waals surface area contributed by atoms with Gasteiger partial charge < -0.3 is 5.32 Å². The molecule has 0 saturated heterocycles. The highest BCUT2D eigenvalue weighted by molar-refractivity contribution is 5.63. The molecule has 2 rings (SSSR count). The molecule has 0 aromatic heterocycles. The van der Waals surface area contributed by atoms with Gasteiger partial charge in [0, 0.05) is 12.1 Å². The van der Waals surface area contributed by atoms with E-state index in [-0.39, 0.29) is 0 Å². The second-order valence-electron chi connectivity index (χ2n) is 3.09. The lowest BCUT2D eigenvalue weighted by atomic mass is 9.99. The Kier molecular flexibility index (Phi) is 1.47. The summed E-state index contributed by atoms with van der Waals surface area (Å²) in [4.78, 5) is 0. The van der Waals surface area contributed by atoms with Crippen LogP contribution in [0.4, 0.5) is 5.69 Å². The Morgan fingerprint density at radius 1 is 1.23 bits per heavy atom. The van der Waals surface area contributed by atoms with E-state index >= 15 is 0 Å². The maximum atomic E-state index is 8.85. The van der Waals surface area contributed by atoms with Gasteiger partial charge >= 0.3 is 0 Å². The molecule has 3 heteroatoms. The van der Waals surface area contributed by atoms with Crippen molar-refractivity contribution in [3.63, 3.8) is 0 Å². The highest BCUT2D eigenvalue weighted by Gasteiger charge is 2.36. The Hall–Kier alpha value is -2.00. The van der Waals surface area contributed by atoms with Crippen LogP contribution in [0.2, 0.25) is 0 Å². The summed E-state index contributed by atoms with van der Waals surface area (Å²) in [5.74, 6) is 0. The van der Waals surface area contributed by atoms with Crippen molar-refractivity contribution in [2.24, 2.45) is 0 Å². The fourth-order valence-corrected chi connectivity index (χ4v) is 1.52. The zero-order valence-electron chi connectivity index (χ0n) is 6.91. The van der Waals surface area contributed by atoms with E-state index in [4.69, 9.17) is 10.5 Å². The van der Waals surface area contributed by atoms with Crippen LogP contribution in [0, 0.1) is 22.7 Å². The molecule has 0 saturated carbocycles. The van der Waals surface area contributed by atoms with E-state index in [9.17, 15) is 0 Å². The first-order valence-electron chi connectivity index (χ1n) is 3.98. The van der Waals surface area contributed by atoms with Crippen molar-refractivity contribution < 1.29 is 0 Å². The molecule has 1 aliphatic rings. The standard InChI is InChI=1S/C10H7N3/c11-6-10(7-12)5-8-3-1-2-4-9(8)13-10/h1-4,13H,5H2. The van der Waals surface area contributed by atoms with Crippen molar-refractivity contribution in [1.29, 1.82) is 10.5 Å². The van der Waals surface area contributed by atoms with Crippen LogP contribution in [-0.2, 0) is 6.42 Å². The first kappa shape index (κ1) is 7.64. The van der Waals surface area contributed by atoms with Gasteiger partial charge in [0.1, 0.15) is 12.1 Å². The van der Waals surface area contributed by atoms with Gasteiger partial charge in [-0.2, -0.15) is 10.5 Å². The predicted molar refractivity (Wildman–Crippen MR) is 47.7 cm³/mol. The number of anilines is 1. The Bertz CT molecular complexity index is 382. The largest absolute Gasteiger partial charge is 0.355 e. The lowest BCUT2D eigenvalue weighted by Crippen LogP contribution is -2.31. The zero-order valence-corrected chi connectivity index (χ0v) is 6.91. The molecule has 0 unspecified atom stereocenters. The third-order valence-corrected chi connectivity index (χ3v) is 2.20. The molecular formula is C10H7N3. The number of nitrogens with zero attached hydrogens (tertiary/aromatic N) is 2. The fourth-order valence-electron chi connectivity index (χ4n) is 1.52. The van der Waals surface area contributed by atoms with Gasteiger partial charge in [0.25, 0.3) is 0 Å². The Morgan fingerprint density at radius 3 is 2.54 bits per heavy atom. The number of fused-ring (bicyclic) bond motifs is 1. The van der Waals surface area contributed by atoms with Crippen LogP contribution in [0.1, 0.15) is 5.56 Å². The molecule has 0 aliphatic carbocycles. The summed E-state index contributed by atoms with van der Waals surface area (Å²) in [6.45, 7) is 0. The summed E-state index contributed by atoms with van der Waals surface area (Å²) in [5.41, 5.74) is 0.875. The number of nitriles is 2. The number of nitrogens with one attached hydrogen (secondary N) is 1. The number of rotatable bonds is 0. The predicted octanol–water partition coefficient (Wildman–Crippen LogP) is 1.44. The van der Waals surface area contributed by atoms with E-state index in [1.54, 1.807) is 0 Å². The molecule has 3 nitrogen and oxygen atoms in total. The van der Waals surface area contributed by atoms with Crippen molar-refractivity contribution >= 4 is 5.69 Å². The van der Waals surface area contributed by atoms with Crippen molar-refractivity contribution in [3.8, 4) is 12.1 Å². The molecule has 0 radical (unpaired) electrons. The minimum atomic E-state index is -1.05. The van der Waals surface area contributed by atoms with Crippen molar-refractivity contribution in [2.45, 2.75) is 12.0 Å². The molecule has 1 N–H and O–H groups in total. The second-order valence-corrected chi connectivity index (χ2v) is 3.09. The number of hydrogen-bond donors (Lipinski definition) is 1. The molecular weight excluding hydrogens is 162 g/mol. The lowest BCUT2D eigenvalue weighted by Gasteiger charge is -2.10. The average molecular weight is 169 g/mol. The third kappa shape index (κ3) is 1.02. The van der Waals surface area contributed by atoms with Crippen LogP contribution in [0.25, 0.3) is 0 Å². The summed E-state index contributed by atoms with van der Waals surface area (Å²) in [7, 11) is 0. The Labute approximate surface area is 76.2 Å². The van der Waals surface area contributed by atoms with Gasteiger partial charge in [-0.15, -0.1) is 0 Å². The van der Waals surface area contributed by atoms with Crippen molar-refractivity contribution in [1.82, 2.24) is 0 Å². The van der Waals surface area contributed by atoms with Gasteiger partial charge in [0.05, 0.1) is 0 Å². The van der Waals surface area contributed by atoms with Gasteiger partial charge in [0.15, 0.2) is 0 Å². The molecule has 0 bridgehead atoms. The summed E-state index contributed by atoms with van der Waals surface area (Å²) in [5, 5.41) is 20.6. The van der Waals surface area contributed by atoms with Crippen LogP contribution < -0.4 is 5.32 Å². The van der Waals surface area contributed by atoms with Crippen LogP contribution in [-0.4, -0.2) is 5.54 Å². The first-order valence-corrected chi connectivity index (χ1v) is 3.98. The van der Waals surface area contributed by atoms with E-state index < -0.39 is 5.54 Å². The first-order chi connectivity index (χ1) is 6.29. The minimum absolute atomic E-state index is 0.468. The maximum absolute atomic E-state index is 8.85. The molecule has 0 fully saturated rings. The third-order valence-electron chi connectivity index (χ3n) is 2.20. The molecule has 0 atom stereocenters. The molecule has 13 heavy (non-hydrogen) atoms. The lowest BCUT2D eigenvalue weighted by molar-refractivity contribution is 0.776. The summed E-state index contributed by atoms with van der Waals surface area (Å²) >= 11 is 0. The number of para-hydroxylation sites is 1. The van der Waals surface area contributed by atoms with E-state index in [0.717, 1.165) is 11.3 Å². The van der Waals surface area contributed by atoms with E-state index in [2.05, 4.69) is 5.32 Å². The van der Waals surface area contributed by atoms with Gasteiger partial charge in [-0.1, -0.05) is 18.2 Å². The van der Waals surface area contributed by atoms with Gasteiger partial charge in [-0.25, -0.2) is 0 Å². The minimum Gasteiger partial charge on any atom is -0.355 e. The van der Waals surface area contributed by atoms with E-state index in [1.165, 1.54) is 0 Å². The number of hydrogen-bond acceptors (Lipinski definition) is 3. The normalized spacial score (nSPS) is 16.5. The summed E-state index contributed by atoms with van der Waals surface area (Å²) in [6, 6.07) is 11.6. The topological polar surface area (TPSA) is 59.6 Å². The van der Waals surface area contributed by atoms with E-state index in [1.807, 2.05) is 36.4 Å². The summed E-state index contributed by atoms with van der Waals surface area (Å²) in [6.07, 6.45) is 0.468. The van der Waals surface area contributed by atoms with Gasteiger partial charge in [0.2, 0.25) is 5.54 Å². The monoisotopic (exact) mass is 169 g/mol. The molecule has 1 aliphatic heterocycles. The Morgan fingerprint density at radius 2 is 1.92 bits per heavy atom. The summed E-state index contributed by atoms with van der Waals surface area (Å²) < 4.78 is 0. The maximum Gasteiger partial charge on any atom is 0.216 e. The van der Waals surface area contributed by atoms with Crippen LogP contribution >= 0.6 is 0 Å². The van der Waals surface area contributed by atoms with Crippen molar-refractivity contribution in [3.05, 3.63) is 29.8 Å². The second kappa shape index (κ2) is 2.50. The van der Waals surface area contributed by atoms with Crippen LogP contribution in [0.3, 0.4) is 0 Å². The molecule has 62 valence electrons. The molecule has 1 aromatic rings. The smallest absolute Gasteiger partial charge is 0.216 e. The average Bonchev–Trinajstić information content (AvgIpc) is 2.57. The fraction of sp³-hybridized carbons (Fsp3) is 0.200. The highest BCUT2D eigenvalue weighted by Crippen LogP contribution is 2.31. The van der Waals surface area contributed by atoms with Crippen molar-refractivity contribution in [2.75, 3.05) is 5.32 Å². The van der Waals surface area contributed by atoms with Gasteiger partial charge in [-0.05, 0) is 11.6 Å². The highest BCUT2D eigenvalue weighted by atomic mass is 15.0. The van der Waals surface area contributed by atoms with E-state index in [0.29, 0.717) is 6.42 Å². The number of benzene rings is 1. The molecule has 1 aromatic carbocycles. The molecule has 1 heterocycles. The SMILES string of the molecule is N#CC1(C#N)Cc2ccccc2N1.